The molecule has 0 fully saturated rings. The summed E-state index contributed by atoms with van der Waals surface area (Å²) in [6.07, 6.45) is 0. The molecule has 6 heteroatoms. The van der Waals surface area contributed by atoms with E-state index in [9.17, 15) is 4.79 Å². The summed E-state index contributed by atoms with van der Waals surface area (Å²) >= 11 is 6.01. The first-order valence-electron chi connectivity index (χ1n) is 9.25. The topological polar surface area (TPSA) is 56.1 Å². The summed E-state index contributed by atoms with van der Waals surface area (Å²) in [6.45, 7) is 0.959. The van der Waals surface area contributed by atoms with E-state index in [0.717, 1.165) is 22.4 Å². The van der Waals surface area contributed by atoms with Crippen molar-refractivity contribution in [2.24, 2.45) is 0 Å². The van der Waals surface area contributed by atoms with Gasteiger partial charge in [-0.3, -0.25) is 4.79 Å². The van der Waals surface area contributed by atoms with Crippen molar-refractivity contribution >= 4 is 28.5 Å². The van der Waals surface area contributed by atoms with Crippen molar-refractivity contribution in [1.29, 1.82) is 0 Å². The van der Waals surface area contributed by atoms with E-state index in [1.54, 1.807) is 25.3 Å². The molecule has 4 aromatic rings. The van der Waals surface area contributed by atoms with Gasteiger partial charge in [0.1, 0.15) is 11.6 Å². The van der Waals surface area contributed by atoms with Crippen LogP contribution in [0.5, 0.6) is 5.75 Å². The number of rotatable bonds is 6. The van der Waals surface area contributed by atoms with E-state index in [4.69, 9.17) is 21.3 Å². The lowest BCUT2D eigenvalue weighted by molar-refractivity contribution is 0.0949. The van der Waals surface area contributed by atoms with E-state index < -0.39 is 0 Å². The molecular weight excluding hydrogens is 386 g/mol. The second-order valence-corrected chi connectivity index (χ2v) is 7.08. The van der Waals surface area contributed by atoms with Gasteiger partial charge in [0.25, 0.3) is 5.91 Å². The maximum absolute atomic E-state index is 12.6. The van der Waals surface area contributed by atoms with Gasteiger partial charge < -0.3 is 14.6 Å². The molecular formula is C23H20ClN3O2. The van der Waals surface area contributed by atoms with Crippen molar-refractivity contribution in [2.75, 3.05) is 7.11 Å². The number of nitrogens with zero attached hydrogens (tertiary/aromatic N) is 2. The average Bonchev–Trinajstić information content (AvgIpc) is 3.11. The first-order chi connectivity index (χ1) is 14.1. The molecule has 0 aliphatic heterocycles. The predicted molar refractivity (Wildman–Crippen MR) is 114 cm³/mol. The van der Waals surface area contributed by atoms with Crippen LogP contribution in [0.2, 0.25) is 5.02 Å². The molecule has 0 atom stereocenters. The van der Waals surface area contributed by atoms with Crippen LogP contribution in [0.15, 0.2) is 72.8 Å². The van der Waals surface area contributed by atoms with Gasteiger partial charge in [0.2, 0.25) is 0 Å². The van der Waals surface area contributed by atoms with Crippen LogP contribution in [0.4, 0.5) is 0 Å². The monoisotopic (exact) mass is 405 g/mol. The van der Waals surface area contributed by atoms with E-state index in [2.05, 4.69) is 9.88 Å². The Kier molecular flexibility index (Phi) is 5.49. The van der Waals surface area contributed by atoms with Gasteiger partial charge >= 0.3 is 0 Å². The summed E-state index contributed by atoms with van der Waals surface area (Å²) in [4.78, 5) is 17.3. The highest BCUT2D eigenvalue weighted by Gasteiger charge is 2.13. The minimum atomic E-state index is -0.172. The summed E-state index contributed by atoms with van der Waals surface area (Å²) in [6, 6.07) is 22.8. The number of hydrogen-bond donors (Lipinski definition) is 1. The minimum absolute atomic E-state index is 0.172. The Morgan fingerprint density at radius 1 is 1.07 bits per heavy atom. The lowest BCUT2D eigenvalue weighted by Gasteiger charge is -2.11. The SMILES string of the molecule is COc1cccc(C(=O)NCc2nc3ccccc3n2Cc2ccc(Cl)cc2)c1. The van der Waals surface area contributed by atoms with Crippen LogP contribution >= 0.6 is 11.6 Å². The Morgan fingerprint density at radius 2 is 1.86 bits per heavy atom. The van der Waals surface area contributed by atoms with Crippen LogP contribution in [0, 0.1) is 0 Å². The Bertz CT molecular complexity index is 1150. The lowest BCUT2D eigenvalue weighted by atomic mass is 10.2. The number of benzene rings is 3. The van der Waals surface area contributed by atoms with Crippen LogP contribution in [0.1, 0.15) is 21.7 Å². The Morgan fingerprint density at radius 3 is 2.66 bits per heavy atom. The first-order valence-corrected chi connectivity index (χ1v) is 9.62. The first kappa shape index (κ1) is 19.0. The average molecular weight is 406 g/mol. The smallest absolute Gasteiger partial charge is 0.251 e. The molecule has 1 amide bonds. The number of amides is 1. The van der Waals surface area contributed by atoms with Gasteiger partial charge in [-0.25, -0.2) is 4.98 Å². The number of halogens is 1. The highest BCUT2D eigenvalue weighted by atomic mass is 35.5. The van der Waals surface area contributed by atoms with Crippen LogP contribution in [-0.4, -0.2) is 22.6 Å². The van der Waals surface area contributed by atoms with E-state index in [0.29, 0.717) is 29.4 Å². The number of methoxy groups -OCH3 is 1. The minimum Gasteiger partial charge on any atom is -0.497 e. The molecule has 1 aromatic heterocycles. The molecule has 0 radical (unpaired) electrons. The van der Waals surface area contributed by atoms with Gasteiger partial charge in [-0.2, -0.15) is 0 Å². The Hall–Kier alpha value is -3.31. The molecule has 4 rings (SSSR count). The quantitative estimate of drug-likeness (QED) is 0.507. The zero-order chi connectivity index (χ0) is 20.2. The number of para-hydroxylation sites is 2. The number of fused-ring (bicyclic) bond motifs is 1. The third-order valence-electron chi connectivity index (χ3n) is 4.73. The lowest BCUT2D eigenvalue weighted by Crippen LogP contribution is -2.25. The van der Waals surface area contributed by atoms with Gasteiger partial charge in [0, 0.05) is 17.1 Å². The number of carbonyl (C=O) groups is 1. The fourth-order valence-corrected chi connectivity index (χ4v) is 3.36. The molecule has 0 spiro atoms. The van der Waals surface area contributed by atoms with Gasteiger partial charge in [-0.05, 0) is 48.0 Å². The number of carbonyl (C=O) groups excluding carboxylic acids is 1. The van der Waals surface area contributed by atoms with E-state index in [1.165, 1.54) is 0 Å². The van der Waals surface area contributed by atoms with Crippen molar-refractivity contribution in [3.8, 4) is 5.75 Å². The van der Waals surface area contributed by atoms with E-state index in [1.807, 2.05) is 54.6 Å². The van der Waals surface area contributed by atoms with Crippen LogP contribution < -0.4 is 10.1 Å². The third kappa shape index (κ3) is 4.25. The highest BCUT2D eigenvalue weighted by Crippen LogP contribution is 2.19. The molecule has 1 N–H and O–H groups in total. The fourth-order valence-electron chi connectivity index (χ4n) is 3.23. The molecule has 0 unspecified atom stereocenters. The molecule has 0 saturated heterocycles. The standard InChI is InChI=1S/C23H20ClN3O2/c1-29-19-6-4-5-17(13-19)23(28)25-14-22-26-20-7-2-3-8-21(20)27(22)15-16-9-11-18(24)12-10-16/h2-13H,14-15H2,1H3,(H,25,28). The summed E-state index contributed by atoms with van der Waals surface area (Å²) in [5, 5.41) is 3.67. The van der Waals surface area contributed by atoms with Crippen LogP contribution in [0.25, 0.3) is 11.0 Å². The van der Waals surface area contributed by atoms with Crippen LogP contribution in [0.3, 0.4) is 0 Å². The number of aromatic nitrogens is 2. The molecule has 1 heterocycles. The van der Waals surface area contributed by atoms with Gasteiger partial charge in [-0.15, -0.1) is 0 Å². The van der Waals surface area contributed by atoms with Crippen molar-refractivity contribution in [1.82, 2.24) is 14.9 Å². The maximum atomic E-state index is 12.6. The van der Waals surface area contributed by atoms with Gasteiger partial charge in [0.05, 0.1) is 24.7 Å². The second-order valence-electron chi connectivity index (χ2n) is 6.64. The van der Waals surface area contributed by atoms with Gasteiger partial charge in [-0.1, -0.05) is 41.9 Å². The number of ether oxygens (including phenoxy) is 1. The molecule has 5 nitrogen and oxygen atoms in total. The molecule has 146 valence electrons. The van der Waals surface area contributed by atoms with E-state index in [-0.39, 0.29) is 5.91 Å². The van der Waals surface area contributed by atoms with E-state index >= 15 is 0 Å². The van der Waals surface area contributed by atoms with Crippen molar-refractivity contribution < 1.29 is 9.53 Å². The molecule has 0 bridgehead atoms. The molecule has 29 heavy (non-hydrogen) atoms. The molecule has 0 saturated carbocycles. The second kappa shape index (κ2) is 8.37. The fraction of sp³-hybridized carbons (Fsp3) is 0.130. The highest BCUT2D eigenvalue weighted by molar-refractivity contribution is 6.30. The zero-order valence-corrected chi connectivity index (χ0v) is 16.7. The number of imidazole rings is 1. The van der Waals surface area contributed by atoms with Crippen molar-refractivity contribution in [2.45, 2.75) is 13.1 Å². The predicted octanol–water partition coefficient (Wildman–Crippen LogP) is 4.68. The van der Waals surface area contributed by atoms with Crippen LogP contribution in [-0.2, 0) is 13.1 Å². The molecule has 0 aliphatic carbocycles. The summed E-state index contributed by atoms with van der Waals surface area (Å²) in [5.41, 5.74) is 3.57. The zero-order valence-electron chi connectivity index (χ0n) is 15.9. The van der Waals surface area contributed by atoms with Crippen molar-refractivity contribution in [3.63, 3.8) is 0 Å². The normalized spacial score (nSPS) is 10.8. The summed E-state index contributed by atoms with van der Waals surface area (Å²) in [5.74, 6) is 1.26. The maximum Gasteiger partial charge on any atom is 0.251 e. The summed E-state index contributed by atoms with van der Waals surface area (Å²) in [7, 11) is 1.58. The van der Waals surface area contributed by atoms with Crippen molar-refractivity contribution in [3.05, 3.63) is 94.8 Å². The van der Waals surface area contributed by atoms with Gasteiger partial charge in [0.15, 0.2) is 0 Å². The third-order valence-corrected chi connectivity index (χ3v) is 4.98. The summed E-state index contributed by atoms with van der Waals surface area (Å²) < 4.78 is 7.31. The number of nitrogens with one attached hydrogen (secondary N) is 1. The Labute approximate surface area is 173 Å². The largest absolute Gasteiger partial charge is 0.497 e. The molecule has 0 aliphatic rings. The Balaban J connectivity index is 1.59. The number of hydrogen-bond acceptors (Lipinski definition) is 3. The molecule has 3 aromatic carbocycles.